The average molecular weight is 797 g/mol. The fourth-order valence-electron chi connectivity index (χ4n) is 5.86. The molecule has 2 atom stereocenters. The molecule has 0 aliphatic rings. The van der Waals surface area contributed by atoms with Gasteiger partial charge < -0.3 is 23.8 Å². The lowest BCUT2D eigenvalue weighted by molar-refractivity contribution is -0.887. The van der Waals surface area contributed by atoms with E-state index in [0.717, 1.165) is 77.0 Å². The van der Waals surface area contributed by atoms with E-state index in [1.165, 1.54) is 38.5 Å². The molecule has 0 aliphatic carbocycles. The Morgan fingerprint density at radius 3 is 1.51 bits per heavy atom. The highest BCUT2D eigenvalue weighted by Gasteiger charge is 2.31. The van der Waals surface area contributed by atoms with Crippen LogP contribution in [0.3, 0.4) is 0 Å². The highest BCUT2D eigenvalue weighted by molar-refractivity contribution is 5.72. The molecule has 0 aromatic carbocycles. The summed E-state index contributed by atoms with van der Waals surface area (Å²) < 4.78 is 17.2. The van der Waals surface area contributed by atoms with Crippen molar-refractivity contribution in [3.63, 3.8) is 0 Å². The molecule has 2 unspecified atom stereocenters. The first-order valence-corrected chi connectivity index (χ1v) is 22.1. The number of likely N-dealkylation sites (N-methyl/N-ethyl adjacent to an activating group) is 1. The van der Waals surface area contributed by atoms with Crippen molar-refractivity contribution < 1.29 is 38.2 Å². The van der Waals surface area contributed by atoms with Gasteiger partial charge in [-0.05, 0) is 83.5 Å². The zero-order valence-electron chi connectivity index (χ0n) is 36.8. The minimum atomic E-state index is -0.888. The van der Waals surface area contributed by atoms with E-state index in [2.05, 4.69) is 98.9 Å². The van der Waals surface area contributed by atoms with Gasteiger partial charge in [0, 0.05) is 19.3 Å². The second kappa shape index (κ2) is 39.3. The number of allylic oxidation sites excluding steroid dienone is 14. The molecule has 0 aromatic rings. The zero-order chi connectivity index (χ0) is 42.1. The molecule has 0 fully saturated rings. The smallest absolute Gasteiger partial charge is 0.362 e. The van der Waals surface area contributed by atoms with Crippen LogP contribution in [0.5, 0.6) is 0 Å². The number of hydrogen-bond acceptors (Lipinski definition) is 6. The van der Waals surface area contributed by atoms with E-state index in [9.17, 15) is 19.5 Å². The summed E-state index contributed by atoms with van der Waals surface area (Å²) in [6.45, 7) is 4.50. The fourth-order valence-corrected chi connectivity index (χ4v) is 5.86. The first-order chi connectivity index (χ1) is 27.6. The number of carboxylic acids is 1. The summed E-state index contributed by atoms with van der Waals surface area (Å²) in [4.78, 5) is 37.0. The van der Waals surface area contributed by atoms with Crippen molar-refractivity contribution in [2.75, 3.05) is 41.0 Å². The number of carbonyl (C=O) groups is 3. The van der Waals surface area contributed by atoms with Crippen LogP contribution in [0, 0.1) is 0 Å². The summed E-state index contributed by atoms with van der Waals surface area (Å²) in [5.74, 6) is -1.57. The van der Waals surface area contributed by atoms with Crippen molar-refractivity contribution >= 4 is 17.9 Å². The van der Waals surface area contributed by atoms with Crippen LogP contribution in [0.1, 0.15) is 155 Å². The van der Waals surface area contributed by atoms with E-state index in [-0.39, 0.29) is 42.7 Å². The van der Waals surface area contributed by atoms with Gasteiger partial charge in [-0.1, -0.05) is 137 Å². The molecular formula is C49H82NO7+. The number of rotatable bonds is 38. The Bertz CT molecular complexity index is 1200. The van der Waals surface area contributed by atoms with Gasteiger partial charge in [-0.25, -0.2) is 4.79 Å². The second-order valence-electron chi connectivity index (χ2n) is 15.6. The standard InChI is InChI=1S/C49H81NO7/c1-6-8-10-12-14-16-18-20-22-24-26-27-29-31-33-35-37-39-47(51)56-44-45(43-55-42-41-46(49(53)54)50(3,4)5)57-48(52)40-38-36-34-32-30-28-25-23-21-19-17-15-13-11-9-7-2/h9,11,14-17,20-23,26-27,31,33,45-46H,6-8,10,12-13,18-19,24-25,28-30,32,34-44H2,1-5H3/p+1/b11-9+,16-14+,17-15+,22-20+,23-21+,27-26+,33-31+. The van der Waals surface area contributed by atoms with Gasteiger partial charge in [0.2, 0.25) is 0 Å². The molecule has 0 saturated carbocycles. The van der Waals surface area contributed by atoms with Crippen molar-refractivity contribution in [2.45, 2.75) is 167 Å². The number of carboxylic acid groups (broad SMARTS) is 1. The predicted octanol–water partition coefficient (Wildman–Crippen LogP) is 12.1. The largest absolute Gasteiger partial charge is 0.477 e. The molecule has 1 N–H and O–H groups in total. The van der Waals surface area contributed by atoms with Crippen molar-refractivity contribution in [3.05, 3.63) is 85.1 Å². The van der Waals surface area contributed by atoms with Gasteiger partial charge in [-0.3, -0.25) is 9.59 Å². The van der Waals surface area contributed by atoms with Crippen LogP contribution in [0.4, 0.5) is 0 Å². The van der Waals surface area contributed by atoms with Crippen molar-refractivity contribution in [1.82, 2.24) is 0 Å². The molecule has 57 heavy (non-hydrogen) atoms. The molecular weight excluding hydrogens is 715 g/mol. The third-order valence-corrected chi connectivity index (χ3v) is 9.28. The molecule has 0 radical (unpaired) electrons. The maximum atomic E-state index is 12.7. The van der Waals surface area contributed by atoms with E-state index in [4.69, 9.17) is 14.2 Å². The lowest BCUT2D eigenvalue weighted by Gasteiger charge is -2.31. The monoisotopic (exact) mass is 797 g/mol. The van der Waals surface area contributed by atoms with Crippen LogP contribution >= 0.6 is 0 Å². The van der Waals surface area contributed by atoms with Crippen molar-refractivity contribution in [1.29, 1.82) is 0 Å². The molecule has 324 valence electrons. The molecule has 0 bridgehead atoms. The van der Waals surface area contributed by atoms with Gasteiger partial charge in [0.25, 0.3) is 0 Å². The number of aliphatic carboxylic acids is 1. The van der Waals surface area contributed by atoms with Crippen LogP contribution in [0.25, 0.3) is 0 Å². The molecule has 0 rings (SSSR count). The van der Waals surface area contributed by atoms with Gasteiger partial charge in [0.15, 0.2) is 12.1 Å². The van der Waals surface area contributed by atoms with E-state index in [0.29, 0.717) is 19.3 Å². The number of quaternary nitrogens is 1. The number of nitrogens with zero attached hydrogens (tertiary/aromatic N) is 1. The molecule has 0 aromatic heterocycles. The summed E-state index contributed by atoms with van der Waals surface area (Å²) in [6, 6.07) is -0.629. The third kappa shape index (κ3) is 37.8. The number of unbranched alkanes of at least 4 members (excludes halogenated alkanes) is 10. The zero-order valence-corrected chi connectivity index (χ0v) is 36.8. The Labute approximate surface area is 348 Å². The first-order valence-electron chi connectivity index (χ1n) is 22.1. The third-order valence-electron chi connectivity index (χ3n) is 9.28. The molecule has 8 heteroatoms. The van der Waals surface area contributed by atoms with Crippen LogP contribution in [0.15, 0.2) is 85.1 Å². The topological polar surface area (TPSA) is 99.1 Å². The fraction of sp³-hybridized carbons (Fsp3) is 0.653. The molecule has 8 nitrogen and oxygen atoms in total. The Morgan fingerprint density at radius 1 is 0.544 bits per heavy atom. The van der Waals surface area contributed by atoms with Crippen molar-refractivity contribution in [2.24, 2.45) is 0 Å². The maximum Gasteiger partial charge on any atom is 0.362 e. The van der Waals surface area contributed by atoms with Gasteiger partial charge in [0.05, 0.1) is 34.4 Å². The number of esters is 2. The number of ether oxygens (including phenoxy) is 3. The van der Waals surface area contributed by atoms with E-state index < -0.39 is 18.1 Å². The molecule has 0 amide bonds. The lowest BCUT2D eigenvalue weighted by atomic mass is 10.1. The van der Waals surface area contributed by atoms with Gasteiger partial charge in [0.1, 0.15) is 6.61 Å². The minimum absolute atomic E-state index is 0.0335. The molecule has 0 heterocycles. The summed E-state index contributed by atoms with van der Waals surface area (Å²) in [5, 5.41) is 9.62. The van der Waals surface area contributed by atoms with E-state index in [1.54, 1.807) is 0 Å². The van der Waals surface area contributed by atoms with E-state index in [1.807, 2.05) is 21.1 Å². The van der Waals surface area contributed by atoms with Crippen LogP contribution in [0.2, 0.25) is 0 Å². The van der Waals surface area contributed by atoms with Crippen LogP contribution in [-0.2, 0) is 28.6 Å². The summed E-state index contributed by atoms with van der Waals surface area (Å²) >= 11 is 0. The Balaban J connectivity index is 4.48. The lowest BCUT2D eigenvalue weighted by Crippen LogP contribution is -2.50. The summed E-state index contributed by atoms with van der Waals surface area (Å²) in [7, 11) is 5.49. The van der Waals surface area contributed by atoms with Crippen LogP contribution in [-0.4, -0.2) is 80.6 Å². The first kappa shape index (κ1) is 53.5. The highest BCUT2D eigenvalue weighted by Crippen LogP contribution is 2.12. The summed E-state index contributed by atoms with van der Waals surface area (Å²) in [6.07, 6.45) is 50.6. The van der Waals surface area contributed by atoms with Gasteiger partial charge >= 0.3 is 17.9 Å². The maximum absolute atomic E-state index is 12.7. The number of hydrogen-bond donors (Lipinski definition) is 1. The van der Waals surface area contributed by atoms with Gasteiger partial charge in [-0.2, -0.15) is 0 Å². The molecule has 0 spiro atoms. The predicted molar refractivity (Wildman–Crippen MR) is 238 cm³/mol. The Hall–Kier alpha value is -3.49. The molecule has 0 saturated heterocycles. The Kier molecular flexibility index (Phi) is 36.9. The Morgan fingerprint density at radius 2 is 1.00 bits per heavy atom. The normalized spacial score (nSPS) is 13.8. The quantitative estimate of drug-likeness (QED) is 0.0287. The minimum Gasteiger partial charge on any atom is -0.477 e. The molecule has 0 aliphatic heterocycles. The SMILES string of the molecule is CC/C=C/C/C=C/C/C=C/CCCCCCCCC(=O)OC(COCCC(C(=O)O)[N+](C)(C)C)COC(=O)CCC/C=C/C/C=C/C/C=C/C/C=C/CCCCC. The van der Waals surface area contributed by atoms with Crippen molar-refractivity contribution in [3.8, 4) is 0 Å². The number of carbonyl (C=O) groups excluding carboxylic acids is 2. The average Bonchev–Trinajstić information content (AvgIpc) is 3.17. The van der Waals surface area contributed by atoms with Gasteiger partial charge in [-0.15, -0.1) is 0 Å². The highest BCUT2D eigenvalue weighted by atomic mass is 16.6. The summed E-state index contributed by atoms with van der Waals surface area (Å²) in [5.41, 5.74) is 0. The van der Waals surface area contributed by atoms with Crippen LogP contribution < -0.4 is 0 Å². The van der Waals surface area contributed by atoms with E-state index >= 15 is 0 Å². The second-order valence-corrected chi connectivity index (χ2v) is 15.6.